The summed E-state index contributed by atoms with van der Waals surface area (Å²) in [6, 6.07) is 48.5. The van der Waals surface area contributed by atoms with Gasteiger partial charge in [0.1, 0.15) is 0 Å². The summed E-state index contributed by atoms with van der Waals surface area (Å²) in [4.78, 5) is 4.69. The minimum absolute atomic E-state index is 0.259. The second-order valence-electron chi connectivity index (χ2n) is 11.6. The molecule has 0 aromatic heterocycles. The molecule has 0 amide bonds. The van der Waals surface area contributed by atoms with Crippen LogP contribution in [0.25, 0.3) is 11.1 Å². The molecule has 0 atom stereocenters. The molecule has 0 unspecified atom stereocenters. The summed E-state index contributed by atoms with van der Waals surface area (Å²) >= 11 is 7.22. The van der Waals surface area contributed by atoms with Gasteiger partial charge in [0.2, 0.25) is 0 Å². The monoisotopic (exact) mass is 698 g/mol. The van der Waals surface area contributed by atoms with Crippen molar-refractivity contribution in [2.24, 2.45) is 0 Å². The van der Waals surface area contributed by atoms with Gasteiger partial charge in [0.25, 0.3) is 0 Å². The number of hydrogen-bond donors (Lipinski definition) is 0. The predicted octanol–water partition coefficient (Wildman–Crippen LogP) is 12.9. The molecular formula is C40H32Br2N2. The van der Waals surface area contributed by atoms with Crippen LogP contribution < -0.4 is 9.80 Å². The quantitative estimate of drug-likeness (QED) is 0.171. The van der Waals surface area contributed by atoms with Crippen LogP contribution >= 0.6 is 31.9 Å². The number of rotatable bonds is 6. The van der Waals surface area contributed by atoms with E-state index in [0.717, 1.165) is 43.1 Å². The van der Waals surface area contributed by atoms with Crippen molar-refractivity contribution in [1.82, 2.24) is 0 Å². The molecule has 1 aliphatic carbocycles. The SMILES string of the molecule is Cc1ccc(N(c2ccc(Br)cc2)c2ccc3c(c2)C(C)c2cc(N(c4ccc(C)cc4)c4ccc(Br)cc4)ccc2-3)cc1. The second kappa shape index (κ2) is 11.8. The van der Waals surface area contributed by atoms with Crippen LogP contribution in [0.5, 0.6) is 0 Å². The molecular weight excluding hydrogens is 668 g/mol. The molecule has 0 heterocycles. The smallest absolute Gasteiger partial charge is 0.0465 e. The fourth-order valence-electron chi connectivity index (χ4n) is 6.22. The van der Waals surface area contributed by atoms with Crippen molar-refractivity contribution in [3.63, 3.8) is 0 Å². The zero-order chi connectivity index (χ0) is 30.4. The number of fused-ring (bicyclic) bond motifs is 3. The van der Waals surface area contributed by atoms with Crippen molar-refractivity contribution < 1.29 is 0 Å². The van der Waals surface area contributed by atoms with E-state index in [9.17, 15) is 0 Å². The first-order chi connectivity index (χ1) is 21.4. The van der Waals surface area contributed by atoms with Crippen LogP contribution in [0.2, 0.25) is 0 Å². The number of hydrogen-bond acceptors (Lipinski definition) is 2. The summed E-state index contributed by atoms with van der Waals surface area (Å²) in [5.74, 6) is 0.259. The third kappa shape index (κ3) is 5.38. The van der Waals surface area contributed by atoms with Gasteiger partial charge in [0.15, 0.2) is 0 Å². The molecule has 44 heavy (non-hydrogen) atoms. The Morgan fingerprint density at radius 3 is 1.05 bits per heavy atom. The molecule has 216 valence electrons. The Hall–Kier alpha value is -4.12. The molecule has 1 aliphatic rings. The first-order valence-corrected chi connectivity index (χ1v) is 16.5. The molecule has 4 heteroatoms. The molecule has 0 bridgehead atoms. The molecule has 6 aromatic rings. The first kappa shape index (κ1) is 28.6. The maximum absolute atomic E-state index is 3.61. The van der Waals surface area contributed by atoms with Gasteiger partial charge in [-0.2, -0.15) is 0 Å². The summed E-state index contributed by atoms with van der Waals surface area (Å²) in [5, 5.41) is 0. The van der Waals surface area contributed by atoms with Crippen LogP contribution in [0, 0.1) is 13.8 Å². The molecule has 0 aliphatic heterocycles. The van der Waals surface area contributed by atoms with Crippen LogP contribution in [-0.4, -0.2) is 0 Å². The zero-order valence-corrected chi connectivity index (χ0v) is 28.1. The summed E-state index contributed by atoms with van der Waals surface area (Å²) in [6.07, 6.45) is 0. The Labute approximate surface area is 276 Å². The van der Waals surface area contributed by atoms with Gasteiger partial charge in [0, 0.05) is 49.0 Å². The summed E-state index contributed by atoms with van der Waals surface area (Å²) < 4.78 is 2.14. The lowest BCUT2D eigenvalue weighted by Gasteiger charge is -2.27. The van der Waals surface area contributed by atoms with Crippen molar-refractivity contribution in [3.05, 3.63) is 165 Å². The standard InChI is InChI=1S/C40H32Br2N2/c1-26-4-12-31(13-5-26)43(33-16-8-29(41)9-17-33)35-20-22-37-38-23-21-36(25-40(38)28(3)39(37)24-35)44(32-14-6-27(2)7-15-32)34-18-10-30(42)11-19-34/h4-25,28H,1-3H3. The Bertz CT molecular complexity index is 1710. The van der Waals surface area contributed by atoms with Gasteiger partial charge in [-0.3, -0.25) is 0 Å². The Kier molecular flexibility index (Phi) is 7.65. The van der Waals surface area contributed by atoms with E-state index in [1.807, 2.05) is 0 Å². The van der Waals surface area contributed by atoms with Crippen molar-refractivity contribution in [1.29, 1.82) is 0 Å². The van der Waals surface area contributed by atoms with E-state index >= 15 is 0 Å². The summed E-state index contributed by atoms with van der Waals surface area (Å²) in [7, 11) is 0. The fourth-order valence-corrected chi connectivity index (χ4v) is 6.74. The van der Waals surface area contributed by atoms with Crippen LogP contribution in [0.3, 0.4) is 0 Å². The molecule has 0 N–H and O–H groups in total. The maximum atomic E-state index is 3.61. The van der Waals surface area contributed by atoms with Gasteiger partial charge >= 0.3 is 0 Å². The molecule has 0 saturated heterocycles. The number of halogens is 2. The number of anilines is 6. The predicted molar refractivity (Wildman–Crippen MR) is 194 cm³/mol. The lowest BCUT2D eigenvalue weighted by molar-refractivity contribution is 0.955. The molecule has 6 aromatic carbocycles. The van der Waals surface area contributed by atoms with Crippen molar-refractivity contribution in [2.45, 2.75) is 26.7 Å². The van der Waals surface area contributed by atoms with Gasteiger partial charge in [-0.1, -0.05) is 86.3 Å². The van der Waals surface area contributed by atoms with Crippen LogP contribution in [-0.2, 0) is 0 Å². The highest BCUT2D eigenvalue weighted by Crippen LogP contribution is 2.49. The molecule has 0 spiro atoms. The van der Waals surface area contributed by atoms with E-state index in [4.69, 9.17) is 0 Å². The van der Waals surface area contributed by atoms with Gasteiger partial charge in [-0.25, -0.2) is 0 Å². The average molecular weight is 701 g/mol. The Morgan fingerprint density at radius 2 is 0.705 bits per heavy atom. The van der Waals surface area contributed by atoms with Crippen molar-refractivity contribution in [2.75, 3.05) is 9.80 Å². The highest BCUT2D eigenvalue weighted by molar-refractivity contribution is 9.10. The highest BCUT2D eigenvalue weighted by Gasteiger charge is 2.28. The normalized spacial score (nSPS) is 12.1. The van der Waals surface area contributed by atoms with E-state index in [0.29, 0.717) is 0 Å². The number of benzene rings is 6. The minimum Gasteiger partial charge on any atom is -0.310 e. The van der Waals surface area contributed by atoms with Crippen LogP contribution in [0.1, 0.15) is 35.1 Å². The molecule has 0 radical (unpaired) electrons. The fraction of sp³-hybridized carbons (Fsp3) is 0.100. The summed E-state index contributed by atoms with van der Waals surface area (Å²) in [5.41, 5.74) is 14.7. The maximum Gasteiger partial charge on any atom is 0.0465 e. The lowest BCUT2D eigenvalue weighted by atomic mass is 9.98. The molecule has 7 rings (SSSR count). The topological polar surface area (TPSA) is 6.48 Å². The number of nitrogens with zero attached hydrogens (tertiary/aromatic N) is 2. The van der Waals surface area contributed by atoms with Gasteiger partial charge in [-0.15, -0.1) is 0 Å². The van der Waals surface area contributed by atoms with Crippen LogP contribution in [0.4, 0.5) is 34.1 Å². The molecule has 2 nitrogen and oxygen atoms in total. The average Bonchev–Trinajstić information content (AvgIpc) is 3.31. The third-order valence-corrected chi connectivity index (χ3v) is 9.62. The first-order valence-electron chi connectivity index (χ1n) is 14.9. The largest absolute Gasteiger partial charge is 0.310 e. The molecule has 0 saturated carbocycles. The number of aryl methyl sites for hydroxylation is 2. The Balaban J connectivity index is 1.30. The lowest BCUT2D eigenvalue weighted by Crippen LogP contribution is -2.10. The van der Waals surface area contributed by atoms with E-state index in [2.05, 4.69) is 196 Å². The van der Waals surface area contributed by atoms with Gasteiger partial charge in [0.05, 0.1) is 0 Å². The van der Waals surface area contributed by atoms with E-state index in [-0.39, 0.29) is 5.92 Å². The zero-order valence-electron chi connectivity index (χ0n) is 24.9. The van der Waals surface area contributed by atoms with Crippen LogP contribution in [0.15, 0.2) is 142 Å². The van der Waals surface area contributed by atoms with E-state index in [1.54, 1.807) is 0 Å². The molecule has 0 fully saturated rings. The summed E-state index contributed by atoms with van der Waals surface area (Å²) in [6.45, 7) is 6.60. The van der Waals surface area contributed by atoms with E-state index < -0.39 is 0 Å². The van der Waals surface area contributed by atoms with Crippen molar-refractivity contribution in [3.8, 4) is 11.1 Å². The Morgan fingerprint density at radius 1 is 0.409 bits per heavy atom. The van der Waals surface area contributed by atoms with Crippen molar-refractivity contribution >= 4 is 66.0 Å². The second-order valence-corrected chi connectivity index (χ2v) is 13.4. The third-order valence-electron chi connectivity index (χ3n) is 8.56. The minimum atomic E-state index is 0.259. The van der Waals surface area contributed by atoms with Gasteiger partial charge in [-0.05, 0) is 133 Å². The van der Waals surface area contributed by atoms with E-state index in [1.165, 1.54) is 33.4 Å². The highest BCUT2D eigenvalue weighted by atomic mass is 79.9. The van der Waals surface area contributed by atoms with Gasteiger partial charge < -0.3 is 9.80 Å².